The van der Waals surface area contributed by atoms with Gasteiger partial charge < -0.3 is 5.32 Å². The van der Waals surface area contributed by atoms with Crippen molar-refractivity contribution in [1.29, 1.82) is 0 Å². The average Bonchev–Trinajstić information content (AvgIpc) is 3.15. The molecule has 3 unspecified atom stereocenters. The third-order valence-corrected chi connectivity index (χ3v) is 5.87. The van der Waals surface area contributed by atoms with E-state index in [0.29, 0.717) is 29.9 Å². The molecule has 2 bridgehead atoms. The summed E-state index contributed by atoms with van der Waals surface area (Å²) in [6.45, 7) is 2.21. The molecule has 2 aliphatic rings. The molecule has 0 radical (unpaired) electrons. The standard InChI is InChI=1S/C18H22N2O3S/c1-13(15-5-3-2-4-6-15)12-24(22,23)20-18(21)19-11-17-10-14-7-8-16(17)9-14/h2-8,12,14,16-17H,9-11H2,1H3,(H2,19,20,21). The van der Waals surface area contributed by atoms with Crippen molar-refractivity contribution in [3.63, 3.8) is 0 Å². The van der Waals surface area contributed by atoms with E-state index in [-0.39, 0.29) is 0 Å². The van der Waals surface area contributed by atoms with Gasteiger partial charge in [0.15, 0.2) is 0 Å². The van der Waals surface area contributed by atoms with Gasteiger partial charge in [-0.15, -0.1) is 0 Å². The van der Waals surface area contributed by atoms with Crippen molar-refractivity contribution in [2.45, 2.75) is 19.8 Å². The van der Waals surface area contributed by atoms with Crippen molar-refractivity contribution in [3.05, 3.63) is 53.5 Å². The van der Waals surface area contributed by atoms with Gasteiger partial charge in [-0.05, 0) is 48.7 Å². The summed E-state index contributed by atoms with van der Waals surface area (Å²) in [5, 5.41) is 3.77. The van der Waals surface area contributed by atoms with Crippen LogP contribution in [0.4, 0.5) is 4.79 Å². The first kappa shape index (κ1) is 16.8. The van der Waals surface area contributed by atoms with Gasteiger partial charge in [0, 0.05) is 6.54 Å². The van der Waals surface area contributed by atoms with Gasteiger partial charge in [0.1, 0.15) is 0 Å². The number of rotatable bonds is 5. The second-order valence-electron chi connectivity index (χ2n) is 6.56. The number of sulfonamides is 1. The maximum absolute atomic E-state index is 12.1. The number of carbonyl (C=O) groups is 1. The number of urea groups is 1. The summed E-state index contributed by atoms with van der Waals surface area (Å²) < 4.78 is 26.2. The number of nitrogens with one attached hydrogen (secondary N) is 2. The molecule has 0 saturated heterocycles. The first-order valence-corrected chi connectivity index (χ1v) is 9.70. The molecule has 0 aromatic heterocycles. The van der Waals surface area contributed by atoms with E-state index in [1.807, 2.05) is 30.3 Å². The molecule has 24 heavy (non-hydrogen) atoms. The highest BCUT2D eigenvalue weighted by atomic mass is 32.2. The lowest BCUT2D eigenvalue weighted by Crippen LogP contribution is -2.41. The largest absolute Gasteiger partial charge is 0.337 e. The highest BCUT2D eigenvalue weighted by molar-refractivity contribution is 7.93. The number of hydrogen-bond donors (Lipinski definition) is 2. The van der Waals surface area contributed by atoms with Crippen LogP contribution in [0.25, 0.3) is 5.57 Å². The third kappa shape index (κ3) is 4.06. The van der Waals surface area contributed by atoms with E-state index in [9.17, 15) is 13.2 Å². The highest BCUT2D eigenvalue weighted by Gasteiger charge is 2.35. The fourth-order valence-electron chi connectivity index (χ4n) is 3.55. The summed E-state index contributed by atoms with van der Waals surface area (Å²) in [5.74, 6) is 1.56. The Morgan fingerprint density at radius 3 is 2.58 bits per heavy atom. The van der Waals surface area contributed by atoms with E-state index in [0.717, 1.165) is 23.8 Å². The van der Waals surface area contributed by atoms with Crippen molar-refractivity contribution in [1.82, 2.24) is 10.0 Å². The van der Waals surface area contributed by atoms with Crippen LogP contribution in [-0.4, -0.2) is 21.0 Å². The first-order valence-electron chi connectivity index (χ1n) is 8.15. The minimum atomic E-state index is -3.82. The second-order valence-corrected chi connectivity index (χ2v) is 8.09. The van der Waals surface area contributed by atoms with E-state index in [1.54, 1.807) is 6.92 Å². The third-order valence-electron chi connectivity index (χ3n) is 4.74. The van der Waals surface area contributed by atoms with Gasteiger partial charge >= 0.3 is 6.03 Å². The molecule has 128 valence electrons. The lowest BCUT2D eigenvalue weighted by Gasteiger charge is -2.18. The minimum absolute atomic E-state index is 0.412. The van der Waals surface area contributed by atoms with Crippen LogP contribution < -0.4 is 10.0 Å². The van der Waals surface area contributed by atoms with Crippen LogP contribution in [0.5, 0.6) is 0 Å². The molecular weight excluding hydrogens is 324 g/mol. The van der Waals surface area contributed by atoms with Gasteiger partial charge in [-0.3, -0.25) is 0 Å². The van der Waals surface area contributed by atoms with Gasteiger partial charge in [0.25, 0.3) is 10.0 Å². The Balaban J connectivity index is 1.54. The molecule has 2 amide bonds. The van der Waals surface area contributed by atoms with Crippen LogP contribution in [-0.2, 0) is 10.0 Å². The van der Waals surface area contributed by atoms with Crippen LogP contribution in [0, 0.1) is 17.8 Å². The number of carbonyl (C=O) groups excluding carboxylic acids is 1. The van der Waals surface area contributed by atoms with Gasteiger partial charge in [-0.25, -0.2) is 17.9 Å². The van der Waals surface area contributed by atoms with Crippen molar-refractivity contribution in [2.75, 3.05) is 6.54 Å². The minimum Gasteiger partial charge on any atom is -0.337 e. The van der Waals surface area contributed by atoms with Crippen molar-refractivity contribution >= 4 is 21.6 Å². The topological polar surface area (TPSA) is 75.3 Å². The Bertz CT molecular complexity index is 769. The predicted molar refractivity (Wildman–Crippen MR) is 94.4 cm³/mol. The van der Waals surface area contributed by atoms with Crippen LogP contribution in [0.1, 0.15) is 25.3 Å². The Labute approximate surface area is 142 Å². The highest BCUT2D eigenvalue weighted by Crippen LogP contribution is 2.42. The van der Waals surface area contributed by atoms with Crippen LogP contribution in [0.15, 0.2) is 47.9 Å². The predicted octanol–water partition coefficient (Wildman–Crippen LogP) is 2.89. The van der Waals surface area contributed by atoms with Gasteiger partial charge in [0.05, 0.1) is 5.41 Å². The van der Waals surface area contributed by atoms with E-state index < -0.39 is 16.1 Å². The summed E-state index contributed by atoms with van der Waals surface area (Å²) in [4.78, 5) is 11.9. The van der Waals surface area contributed by atoms with E-state index in [4.69, 9.17) is 0 Å². The van der Waals surface area contributed by atoms with E-state index in [1.165, 1.54) is 0 Å². The summed E-state index contributed by atoms with van der Waals surface area (Å²) in [7, 11) is -3.82. The lowest BCUT2D eigenvalue weighted by molar-refractivity contribution is 0.243. The van der Waals surface area contributed by atoms with Crippen molar-refractivity contribution in [2.24, 2.45) is 17.8 Å². The summed E-state index contributed by atoms with van der Waals surface area (Å²) in [6.07, 6.45) is 6.68. The zero-order chi connectivity index (χ0) is 17.2. The molecular formula is C18H22N2O3S. The second kappa shape index (κ2) is 6.81. The maximum Gasteiger partial charge on any atom is 0.328 e. The quantitative estimate of drug-likeness (QED) is 0.805. The summed E-state index contributed by atoms with van der Waals surface area (Å²) >= 11 is 0. The monoisotopic (exact) mass is 346 g/mol. The molecule has 2 aliphatic carbocycles. The number of fused-ring (bicyclic) bond motifs is 2. The Morgan fingerprint density at radius 1 is 1.21 bits per heavy atom. The van der Waals surface area contributed by atoms with E-state index in [2.05, 4.69) is 22.2 Å². The van der Waals surface area contributed by atoms with Crippen molar-refractivity contribution in [3.8, 4) is 0 Å². The fourth-order valence-corrected chi connectivity index (χ4v) is 4.54. The zero-order valence-electron chi connectivity index (χ0n) is 13.6. The smallest absolute Gasteiger partial charge is 0.328 e. The van der Waals surface area contributed by atoms with Crippen LogP contribution >= 0.6 is 0 Å². The SMILES string of the molecule is CC(=CS(=O)(=O)NC(=O)NCC1CC2C=CC1C2)c1ccccc1. The Morgan fingerprint density at radius 2 is 1.96 bits per heavy atom. The molecule has 1 aromatic rings. The molecule has 3 atom stereocenters. The molecule has 1 saturated carbocycles. The molecule has 0 spiro atoms. The number of hydrogen-bond acceptors (Lipinski definition) is 3. The maximum atomic E-state index is 12.1. The van der Waals surface area contributed by atoms with Gasteiger partial charge in [-0.1, -0.05) is 42.5 Å². The normalized spacial score (nSPS) is 25.7. The molecule has 6 heteroatoms. The van der Waals surface area contributed by atoms with E-state index >= 15 is 0 Å². The molecule has 1 fully saturated rings. The average molecular weight is 346 g/mol. The van der Waals surface area contributed by atoms with Crippen molar-refractivity contribution < 1.29 is 13.2 Å². The molecule has 2 N–H and O–H groups in total. The molecule has 0 heterocycles. The lowest BCUT2D eigenvalue weighted by atomic mass is 9.94. The molecule has 3 rings (SSSR count). The molecule has 5 nitrogen and oxygen atoms in total. The van der Waals surface area contributed by atoms with Crippen LogP contribution in [0.2, 0.25) is 0 Å². The number of allylic oxidation sites excluding steroid dienone is 3. The Hall–Kier alpha value is -2.08. The number of amides is 2. The fraction of sp³-hybridized carbons (Fsp3) is 0.389. The molecule has 1 aromatic carbocycles. The molecule has 0 aliphatic heterocycles. The Kier molecular flexibility index (Phi) is 4.76. The van der Waals surface area contributed by atoms with Crippen LogP contribution in [0.3, 0.4) is 0 Å². The zero-order valence-corrected chi connectivity index (χ0v) is 14.4. The number of benzene rings is 1. The van der Waals surface area contributed by atoms with Gasteiger partial charge in [0.2, 0.25) is 0 Å². The van der Waals surface area contributed by atoms with Gasteiger partial charge in [-0.2, -0.15) is 0 Å². The summed E-state index contributed by atoms with van der Waals surface area (Å²) in [6, 6.07) is 8.52. The first-order chi connectivity index (χ1) is 11.4. The summed E-state index contributed by atoms with van der Waals surface area (Å²) in [5.41, 5.74) is 1.38.